The van der Waals surface area contributed by atoms with Crippen LogP contribution in [0.3, 0.4) is 0 Å². The molecule has 7 heteroatoms. The lowest BCUT2D eigenvalue weighted by Crippen LogP contribution is -2.40. The summed E-state index contributed by atoms with van der Waals surface area (Å²) in [7, 11) is 3.26. The van der Waals surface area contributed by atoms with Gasteiger partial charge in [0.05, 0.1) is 31.0 Å². The van der Waals surface area contributed by atoms with Gasteiger partial charge >= 0.3 is 0 Å². The lowest BCUT2D eigenvalue weighted by Gasteiger charge is -2.38. The van der Waals surface area contributed by atoms with Crippen molar-refractivity contribution in [2.24, 2.45) is 5.10 Å². The van der Waals surface area contributed by atoms with Crippen LogP contribution in [0.1, 0.15) is 43.4 Å². The first kappa shape index (κ1) is 19.2. The Kier molecular flexibility index (Phi) is 5.30. The number of hydrogen-bond donors (Lipinski definition) is 0. The summed E-state index contributed by atoms with van der Waals surface area (Å²) in [6, 6.07) is 9.55. The summed E-state index contributed by atoms with van der Waals surface area (Å²) in [5, 5.41) is 8.10. The normalized spacial score (nSPS) is 20.2. The third kappa shape index (κ3) is 3.27. The van der Waals surface area contributed by atoms with E-state index in [1.165, 1.54) is 0 Å². The van der Waals surface area contributed by atoms with E-state index in [1.807, 2.05) is 29.3 Å². The summed E-state index contributed by atoms with van der Waals surface area (Å²) >= 11 is 12.7. The van der Waals surface area contributed by atoms with E-state index in [9.17, 15) is 0 Å². The van der Waals surface area contributed by atoms with Crippen LogP contribution in [0.25, 0.3) is 0 Å². The van der Waals surface area contributed by atoms with E-state index < -0.39 is 0 Å². The molecule has 0 bridgehead atoms. The number of methoxy groups -OCH3 is 2. The van der Waals surface area contributed by atoms with Gasteiger partial charge in [-0.25, -0.2) is 0 Å². The number of halogens is 2. The molecule has 0 aromatic heterocycles. The lowest BCUT2D eigenvalue weighted by atomic mass is 9.96. The maximum atomic E-state index is 6.43. The maximum absolute atomic E-state index is 6.43. The first-order valence-corrected chi connectivity index (χ1v) is 10.0. The summed E-state index contributed by atoms with van der Waals surface area (Å²) in [5.74, 6) is 2.09. The third-order valence-electron chi connectivity index (χ3n) is 5.14. The Bertz CT molecular complexity index is 932. The zero-order valence-electron chi connectivity index (χ0n) is 16.0. The molecule has 2 aliphatic rings. The number of rotatable bonds is 5. The van der Waals surface area contributed by atoms with Crippen molar-refractivity contribution in [1.29, 1.82) is 0 Å². The first-order chi connectivity index (χ1) is 13.5. The lowest BCUT2D eigenvalue weighted by molar-refractivity contribution is -0.0222. The highest BCUT2D eigenvalue weighted by atomic mass is 35.5. The van der Waals surface area contributed by atoms with Gasteiger partial charge in [-0.2, -0.15) is 5.10 Å². The van der Waals surface area contributed by atoms with Gasteiger partial charge < -0.3 is 14.2 Å². The van der Waals surface area contributed by atoms with Gasteiger partial charge in [0.15, 0.2) is 17.7 Å². The Morgan fingerprint density at radius 2 is 1.93 bits per heavy atom. The van der Waals surface area contributed by atoms with E-state index in [0.717, 1.165) is 41.9 Å². The van der Waals surface area contributed by atoms with Crippen LogP contribution < -0.4 is 14.2 Å². The predicted octanol–water partition coefficient (Wildman–Crippen LogP) is 5.68. The van der Waals surface area contributed by atoms with Gasteiger partial charge in [-0.15, -0.1) is 0 Å². The smallest absolute Gasteiger partial charge is 0.187 e. The Morgan fingerprint density at radius 1 is 1.14 bits per heavy atom. The average Bonchev–Trinajstić information content (AvgIpc) is 3.14. The summed E-state index contributed by atoms with van der Waals surface area (Å²) < 4.78 is 17.0. The SMILES string of the molecule is CCC[C@H]1Oc2c(Cl)cc(Cl)cc2[C@H]2CC(c3ccc(OC)c(OC)c3)=NN21. The largest absolute Gasteiger partial charge is 0.493 e. The van der Waals surface area contributed by atoms with E-state index in [-0.39, 0.29) is 12.3 Å². The van der Waals surface area contributed by atoms with Crippen LogP contribution >= 0.6 is 23.2 Å². The molecule has 0 saturated heterocycles. The molecule has 2 heterocycles. The fourth-order valence-corrected chi connectivity index (χ4v) is 4.37. The molecule has 4 rings (SSSR count). The van der Waals surface area contributed by atoms with E-state index in [1.54, 1.807) is 20.3 Å². The minimum atomic E-state index is -0.154. The fourth-order valence-electron chi connectivity index (χ4n) is 3.82. The van der Waals surface area contributed by atoms with Crippen LogP contribution in [0.4, 0.5) is 0 Å². The molecule has 0 radical (unpaired) electrons. The Hall–Kier alpha value is -2.11. The van der Waals surface area contributed by atoms with Crippen LogP contribution in [-0.2, 0) is 0 Å². The molecule has 0 fully saturated rings. The zero-order valence-corrected chi connectivity index (χ0v) is 17.5. The topological polar surface area (TPSA) is 43.3 Å². The van der Waals surface area contributed by atoms with Gasteiger partial charge in [0.1, 0.15) is 5.75 Å². The van der Waals surface area contributed by atoms with Gasteiger partial charge in [-0.3, -0.25) is 5.01 Å². The highest BCUT2D eigenvalue weighted by molar-refractivity contribution is 6.35. The molecule has 2 atom stereocenters. The van der Waals surface area contributed by atoms with Gasteiger partial charge in [0.2, 0.25) is 0 Å². The molecule has 0 N–H and O–H groups in total. The predicted molar refractivity (Wildman–Crippen MR) is 111 cm³/mol. The van der Waals surface area contributed by atoms with Gasteiger partial charge in [-0.05, 0) is 30.3 Å². The number of hydrogen-bond acceptors (Lipinski definition) is 5. The van der Waals surface area contributed by atoms with Crippen molar-refractivity contribution in [3.8, 4) is 17.2 Å². The average molecular weight is 421 g/mol. The number of hydrazone groups is 1. The second-order valence-corrected chi connectivity index (χ2v) is 7.73. The van der Waals surface area contributed by atoms with Crippen molar-refractivity contribution in [2.45, 2.75) is 38.5 Å². The van der Waals surface area contributed by atoms with Crippen LogP contribution in [0.2, 0.25) is 10.0 Å². The van der Waals surface area contributed by atoms with E-state index in [2.05, 4.69) is 6.92 Å². The summed E-state index contributed by atoms with van der Waals surface area (Å²) in [6.45, 7) is 2.13. The van der Waals surface area contributed by atoms with Crippen LogP contribution in [0.15, 0.2) is 35.4 Å². The first-order valence-electron chi connectivity index (χ1n) is 9.29. The quantitative estimate of drug-likeness (QED) is 0.623. The number of benzene rings is 2. The standard InChI is InChI=1S/C21H22Cl2N2O3/c1-4-5-20-25-17(14-9-13(22)10-15(23)21(14)28-20)11-16(24-25)12-6-7-18(26-2)19(8-12)27-3/h6-10,17,20H,4-5,11H2,1-3H3/t17-,20-/m1/s1. The summed E-state index contributed by atoms with van der Waals surface area (Å²) in [5.41, 5.74) is 2.95. The van der Waals surface area contributed by atoms with E-state index in [0.29, 0.717) is 21.5 Å². The van der Waals surface area contributed by atoms with Crippen molar-refractivity contribution < 1.29 is 14.2 Å². The van der Waals surface area contributed by atoms with E-state index >= 15 is 0 Å². The molecular weight excluding hydrogens is 399 g/mol. The molecule has 0 aliphatic carbocycles. The van der Waals surface area contributed by atoms with Gasteiger partial charge in [-0.1, -0.05) is 36.5 Å². The van der Waals surface area contributed by atoms with Gasteiger partial charge in [0, 0.05) is 29.0 Å². The van der Waals surface area contributed by atoms with E-state index in [4.69, 9.17) is 42.5 Å². The van der Waals surface area contributed by atoms with Crippen LogP contribution in [0, 0.1) is 0 Å². The van der Waals surface area contributed by atoms with Crippen LogP contribution in [-0.4, -0.2) is 31.2 Å². The molecule has 2 aliphatic heterocycles. The zero-order chi connectivity index (χ0) is 19.8. The van der Waals surface area contributed by atoms with Crippen molar-refractivity contribution in [2.75, 3.05) is 14.2 Å². The van der Waals surface area contributed by atoms with Crippen LogP contribution in [0.5, 0.6) is 17.2 Å². The van der Waals surface area contributed by atoms with Gasteiger partial charge in [0.25, 0.3) is 0 Å². The Morgan fingerprint density at radius 3 is 2.64 bits per heavy atom. The Balaban J connectivity index is 1.74. The molecule has 0 unspecified atom stereocenters. The molecular formula is C21H22Cl2N2O3. The summed E-state index contributed by atoms with van der Waals surface area (Å²) in [6.07, 6.45) is 2.43. The van der Waals surface area contributed by atoms with Crippen molar-refractivity contribution >= 4 is 28.9 Å². The Labute approximate surface area is 174 Å². The van der Waals surface area contributed by atoms with Crippen molar-refractivity contribution in [3.05, 3.63) is 51.5 Å². The van der Waals surface area contributed by atoms with Crippen molar-refractivity contribution in [3.63, 3.8) is 0 Å². The summed E-state index contributed by atoms with van der Waals surface area (Å²) in [4.78, 5) is 0. The maximum Gasteiger partial charge on any atom is 0.187 e. The number of nitrogens with zero attached hydrogens (tertiary/aromatic N) is 2. The second kappa shape index (κ2) is 7.72. The van der Waals surface area contributed by atoms with Crippen molar-refractivity contribution in [1.82, 2.24) is 5.01 Å². The monoisotopic (exact) mass is 420 g/mol. The second-order valence-electron chi connectivity index (χ2n) is 6.88. The molecule has 2 aromatic rings. The third-order valence-corrected chi connectivity index (χ3v) is 5.64. The molecule has 0 amide bonds. The number of ether oxygens (including phenoxy) is 3. The molecule has 148 valence electrons. The highest BCUT2D eigenvalue weighted by Crippen LogP contribution is 2.48. The minimum Gasteiger partial charge on any atom is -0.493 e. The molecule has 2 aromatic carbocycles. The highest BCUT2D eigenvalue weighted by Gasteiger charge is 2.41. The molecule has 0 saturated carbocycles. The minimum absolute atomic E-state index is 0.0413. The fraction of sp³-hybridized carbons (Fsp3) is 0.381. The number of fused-ring (bicyclic) bond motifs is 3. The molecule has 0 spiro atoms. The molecule has 28 heavy (non-hydrogen) atoms. The molecule has 5 nitrogen and oxygen atoms in total.